The molecule has 10 heteroatoms. The summed E-state index contributed by atoms with van der Waals surface area (Å²) in [4.78, 5) is 25.2. The molecular weight excluding hydrogens is 405 g/mol. The number of aliphatic hydroxyl groups is 1. The Balaban J connectivity index is 1.84. The number of urea groups is 1. The third-order valence-corrected chi connectivity index (χ3v) is 5.18. The van der Waals surface area contributed by atoms with Gasteiger partial charge >= 0.3 is 12.2 Å². The summed E-state index contributed by atoms with van der Waals surface area (Å²) in [7, 11) is 0. The highest BCUT2D eigenvalue weighted by Crippen LogP contribution is 2.45. The average molecular weight is 422 g/mol. The van der Waals surface area contributed by atoms with Crippen molar-refractivity contribution in [2.75, 3.05) is 6.79 Å². The molecule has 1 saturated heterocycles. The zero-order chi connectivity index (χ0) is 21.7. The fourth-order valence-corrected chi connectivity index (χ4v) is 3.62. The summed E-state index contributed by atoms with van der Waals surface area (Å²) >= 11 is 0. The molecule has 1 fully saturated rings. The molecule has 158 valence electrons. The summed E-state index contributed by atoms with van der Waals surface area (Å²) in [5.41, 5.74) is -2.85. The van der Waals surface area contributed by atoms with Crippen molar-refractivity contribution in [3.05, 3.63) is 59.2 Å². The van der Waals surface area contributed by atoms with Gasteiger partial charge in [0, 0.05) is 5.56 Å². The summed E-state index contributed by atoms with van der Waals surface area (Å²) in [5.74, 6) is -2.44. The highest BCUT2D eigenvalue weighted by atomic mass is 19.4. The van der Waals surface area contributed by atoms with Gasteiger partial charge in [-0.15, -0.1) is 0 Å². The fraction of sp³-hybridized carbons (Fsp3) is 0.300. The first-order valence-corrected chi connectivity index (χ1v) is 8.98. The molecule has 0 aromatic heterocycles. The molecule has 2 aliphatic heterocycles. The lowest BCUT2D eigenvalue weighted by Gasteiger charge is -2.45. The quantitative estimate of drug-likeness (QED) is 0.661. The molecular formula is C20H17F3N2O5. The first-order valence-electron chi connectivity index (χ1n) is 8.98. The number of rotatable bonds is 3. The number of ketones is 1. The SMILES string of the molecule is Cc1ccc(C(=O)[C@@H]2[C@@H](c3ccc4c(c3)OCO4)NC(=O)N[C@]2(O)C(F)(F)F)cc1. The standard InChI is InChI=1S/C20H17F3N2O5/c1-10-2-4-11(5-3-10)17(26)15-16(12-6-7-13-14(8-12)30-9-29-13)24-18(27)25-19(15,28)20(21,22)23/h2-8,15-16,28H,9H2,1H3,(H2,24,25,27)/t15-,16+,19+/m0/s1. The van der Waals surface area contributed by atoms with Crippen LogP contribution >= 0.6 is 0 Å². The molecule has 0 unspecified atom stereocenters. The van der Waals surface area contributed by atoms with Crippen molar-refractivity contribution in [3.63, 3.8) is 0 Å². The molecule has 3 atom stereocenters. The Hall–Kier alpha value is -3.27. The molecule has 0 bridgehead atoms. The van der Waals surface area contributed by atoms with Crippen LogP contribution in [0.15, 0.2) is 42.5 Å². The van der Waals surface area contributed by atoms with Gasteiger partial charge in [0.25, 0.3) is 0 Å². The smallest absolute Gasteiger partial charge is 0.437 e. The maximum Gasteiger partial charge on any atom is 0.437 e. The summed E-state index contributed by atoms with van der Waals surface area (Å²) in [6.07, 6.45) is -5.32. The number of carbonyl (C=O) groups excluding carboxylic acids is 2. The lowest BCUT2D eigenvalue weighted by atomic mass is 9.77. The molecule has 0 radical (unpaired) electrons. The Morgan fingerprint density at radius 3 is 2.47 bits per heavy atom. The van der Waals surface area contributed by atoms with E-state index in [4.69, 9.17) is 9.47 Å². The number of fused-ring (bicyclic) bond motifs is 1. The minimum Gasteiger partial charge on any atom is -0.454 e. The van der Waals surface area contributed by atoms with Gasteiger partial charge in [0.05, 0.1) is 6.04 Å². The molecule has 2 aliphatic rings. The number of carbonyl (C=O) groups is 2. The van der Waals surface area contributed by atoms with Gasteiger partial charge in [-0.1, -0.05) is 35.9 Å². The Morgan fingerprint density at radius 2 is 1.80 bits per heavy atom. The van der Waals surface area contributed by atoms with Gasteiger partial charge in [-0.3, -0.25) is 4.79 Å². The van der Waals surface area contributed by atoms with E-state index in [1.54, 1.807) is 19.1 Å². The summed E-state index contributed by atoms with van der Waals surface area (Å²) in [5, 5.41) is 14.4. The van der Waals surface area contributed by atoms with Crippen LogP contribution in [0.4, 0.5) is 18.0 Å². The fourth-order valence-electron chi connectivity index (χ4n) is 3.62. The number of benzene rings is 2. The van der Waals surface area contributed by atoms with Crippen molar-refractivity contribution >= 4 is 11.8 Å². The first kappa shape index (κ1) is 20.0. The van der Waals surface area contributed by atoms with E-state index in [2.05, 4.69) is 5.32 Å². The Morgan fingerprint density at radius 1 is 1.13 bits per heavy atom. The molecule has 0 saturated carbocycles. The zero-order valence-corrected chi connectivity index (χ0v) is 15.6. The molecule has 4 rings (SSSR count). The van der Waals surface area contributed by atoms with Crippen molar-refractivity contribution in [1.29, 1.82) is 0 Å². The van der Waals surface area contributed by atoms with Crippen LogP contribution in [0.25, 0.3) is 0 Å². The van der Waals surface area contributed by atoms with Crippen LogP contribution in [-0.4, -0.2) is 35.6 Å². The van der Waals surface area contributed by atoms with Crippen LogP contribution in [0, 0.1) is 12.8 Å². The van der Waals surface area contributed by atoms with Crippen molar-refractivity contribution in [2.45, 2.75) is 24.9 Å². The molecule has 2 aromatic carbocycles. The van der Waals surface area contributed by atoms with Crippen molar-refractivity contribution in [2.24, 2.45) is 5.92 Å². The maximum atomic E-state index is 13.9. The summed E-state index contributed by atoms with van der Waals surface area (Å²) in [6.45, 7) is 1.70. The number of hydrogen-bond donors (Lipinski definition) is 3. The molecule has 7 nitrogen and oxygen atoms in total. The minimum atomic E-state index is -5.32. The Kier molecular flexibility index (Phi) is 4.61. The lowest BCUT2D eigenvalue weighted by molar-refractivity contribution is -0.287. The predicted octanol–water partition coefficient (Wildman–Crippen LogP) is 2.83. The van der Waals surface area contributed by atoms with Crippen LogP contribution in [0.1, 0.15) is 27.5 Å². The van der Waals surface area contributed by atoms with Gasteiger partial charge in [0.1, 0.15) is 5.92 Å². The van der Waals surface area contributed by atoms with E-state index in [0.29, 0.717) is 5.75 Å². The van der Waals surface area contributed by atoms with Gasteiger partial charge in [-0.2, -0.15) is 13.2 Å². The predicted molar refractivity (Wildman–Crippen MR) is 97.0 cm³/mol. The van der Waals surface area contributed by atoms with E-state index in [1.165, 1.54) is 35.6 Å². The number of amides is 2. The molecule has 3 N–H and O–H groups in total. The highest BCUT2D eigenvalue weighted by Gasteiger charge is 2.66. The topological polar surface area (TPSA) is 96.9 Å². The highest BCUT2D eigenvalue weighted by molar-refractivity contribution is 6.00. The van der Waals surface area contributed by atoms with Gasteiger partial charge in [-0.25, -0.2) is 4.79 Å². The third kappa shape index (κ3) is 3.22. The van der Waals surface area contributed by atoms with Crippen LogP contribution < -0.4 is 20.1 Å². The maximum absolute atomic E-state index is 13.9. The average Bonchev–Trinajstić information content (AvgIpc) is 3.14. The van der Waals surface area contributed by atoms with Gasteiger partial charge in [0.2, 0.25) is 12.5 Å². The number of aryl methyl sites for hydroxylation is 1. The Labute approximate surface area is 168 Å². The van der Waals surface area contributed by atoms with Gasteiger partial charge in [0.15, 0.2) is 17.3 Å². The van der Waals surface area contributed by atoms with E-state index in [1.807, 2.05) is 0 Å². The molecule has 2 heterocycles. The Bertz CT molecular complexity index is 1010. The second-order valence-electron chi connectivity index (χ2n) is 7.16. The van der Waals surface area contributed by atoms with Crippen LogP contribution in [0.2, 0.25) is 0 Å². The van der Waals surface area contributed by atoms with Crippen LogP contribution in [0.5, 0.6) is 11.5 Å². The molecule has 30 heavy (non-hydrogen) atoms. The monoisotopic (exact) mass is 422 g/mol. The zero-order valence-electron chi connectivity index (χ0n) is 15.6. The first-order chi connectivity index (χ1) is 14.1. The van der Waals surface area contributed by atoms with Crippen LogP contribution in [-0.2, 0) is 0 Å². The number of hydrogen-bond acceptors (Lipinski definition) is 5. The van der Waals surface area contributed by atoms with Crippen LogP contribution in [0.3, 0.4) is 0 Å². The van der Waals surface area contributed by atoms with Crippen molar-refractivity contribution < 1.29 is 37.3 Å². The summed E-state index contributed by atoms with van der Waals surface area (Å²) in [6, 6.07) is 7.42. The van der Waals surface area contributed by atoms with E-state index in [9.17, 15) is 27.9 Å². The van der Waals surface area contributed by atoms with Gasteiger partial charge in [-0.05, 0) is 24.6 Å². The van der Waals surface area contributed by atoms with Gasteiger partial charge < -0.3 is 25.2 Å². The van der Waals surface area contributed by atoms with Crippen molar-refractivity contribution in [3.8, 4) is 11.5 Å². The van der Waals surface area contributed by atoms with E-state index >= 15 is 0 Å². The second kappa shape index (κ2) is 6.91. The number of Topliss-reactive ketones (excluding diaryl/α,β-unsaturated/α-hetero) is 1. The molecule has 0 aliphatic carbocycles. The van der Waals surface area contributed by atoms with Crippen molar-refractivity contribution in [1.82, 2.24) is 10.6 Å². The molecule has 0 spiro atoms. The van der Waals surface area contributed by atoms with E-state index < -0.39 is 35.7 Å². The number of nitrogens with one attached hydrogen (secondary N) is 2. The lowest BCUT2D eigenvalue weighted by Crippen LogP contribution is -2.72. The largest absolute Gasteiger partial charge is 0.454 e. The minimum absolute atomic E-state index is 0.0306. The number of alkyl halides is 3. The third-order valence-electron chi connectivity index (χ3n) is 5.18. The van der Waals surface area contributed by atoms with E-state index in [-0.39, 0.29) is 23.7 Å². The molecule has 2 amide bonds. The molecule has 2 aromatic rings. The normalized spacial score (nSPS) is 25.4. The second-order valence-corrected chi connectivity index (χ2v) is 7.16. The number of halogens is 3. The van der Waals surface area contributed by atoms with E-state index in [0.717, 1.165) is 5.56 Å². The summed E-state index contributed by atoms with van der Waals surface area (Å²) < 4.78 is 52.2. The number of ether oxygens (including phenoxy) is 2.